The second kappa shape index (κ2) is 3.58. The summed E-state index contributed by atoms with van der Waals surface area (Å²) < 4.78 is 1.83. The summed E-state index contributed by atoms with van der Waals surface area (Å²) in [6.07, 6.45) is 5.39. The van der Waals surface area contributed by atoms with Crippen molar-refractivity contribution in [2.24, 2.45) is 7.05 Å². The van der Waals surface area contributed by atoms with Crippen molar-refractivity contribution in [1.29, 1.82) is 0 Å². The smallest absolute Gasteiger partial charge is 0.337 e. The topological polar surface area (TPSA) is 41.2 Å². The zero-order valence-electron chi connectivity index (χ0n) is 6.94. The molecule has 12 heavy (non-hydrogen) atoms. The monoisotopic (exact) mass is 184 g/mol. The fourth-order valence-corrected chi connectivity index (χ4v) is 1.56. The Morgan fingerprint density at radius 2 is 2.33 bits per heavy atom. The summed E-state index contributed by atoms with van der Waals surface area (Å²) in [6, 6.07) is 1.61. The van der Waals surface area contributed by atoms with Gasteiger partial charge in [0.1, 0.15) is 7.05 Å². The van der Waals surface area contributed by atoms with Gasteiger partial charge in [0.05, 0.1) is 10.5 Å². The van der Waals surface area contributed by atoms with Crippen molar-refractivity contribution < 1.29 is 14.5 Å². The fraction of sp³-hybridized carbons (Fsp3) is 0.250. The van der Waals surface area contributed by atoms with Gasteiger partial charge in [-0.1, -0.05) is 0 Å². The van der Waals surface area contributed by atoms with Crippen molar-refractivity contribution in [3.8, 4) is 0 Å². The first-order valence-electron chi connectivity index (χ1n) is 3.41. The Kier molecular flexibility index (Phi) is 2.70. The molecule has 0 aromatic carbocycles. The first kappa shape index (κ1) is 9.06. The number of aromatic carboxylic acids is 1. The molecule has 0 radical (unpaired) electrons. The van der Waals surface area contributed by atoms with E-state index in [4.69, 9.17) is 5.11 Å². The van der Waals surface area contributed by atoms with Gasteiger partial charge in [0.25, 0.3) is 0 Å². The highest BCUT2D eigenvalue weighted by Gasteiger charge is 2.11. The van der Waals surface area contributed by atoms with Crippen LogP contribution in [0.5, 0.6) is 0 Å². The minimum absolute atomic E-state index is 0.362. The van der Waals surface area contributed by atoms with Crippen LogP contribution < -0.4 is 4.57 Å². The lowest BCUT2D eigenvalue weighted by atomic mass is 10.3. The maximum atomic E-state index is 10.7. The number of carbonyl (C=O) groups is 1. The van der Waals surface area contributed by atoms with E-state index in [9.17, 15) is 4.79 Å². The van der Waals surface area contributed by atoms with Crippen molar-refractivity contribution in [3.05, 3.63) is 24.0 Å². The summed E-state index contributed by atoms with van der Waals surface area (Å²) in [7, 11) is 1.87. The van der Waals surface area contributed by atoms with Gasteiger partial charge in [0.2, 0.25) is 0 Å². The molecule has 1 aromatic heterocycles. The molecule has 0 aliphatic rings. The Bertz CT molecular complexity index is 312. The molecule has 0 saturated carbocycles. The van der Waals surface area contributed by atoms with Crippen LogP contribution >= 0.6 is 11.8 Å². The summed E-state index contributed by atoms with van der Waals surface area (Å²) >= 11 is 1.44. The highest BCUT2D eigenvalue weighted by Crippen LogP contribution is 2.17. The zero-order valence-corrected chi connectivity index (χ0v) is 7.76. The molecule has 0 aliphatic heterocycles. The van der Waals surface area contributed by atoms with Gasteiger partial charge >= 0.3 is 5.97 Å². The second-order valence-electron chi connectivity index (χ2n) is 2.40. The molecule has 0 unspecified atom stereocenters. The second-order valence-corrected chi connectivity index (χ2v) is 3.25. The number of thioether (sulfide) groups is 1. The third kappa shape index (κ3) is 1.76. The van der Waals surface area contributed by atoms with Crippen LogP contribution in [0.15, 0.2) is 23.4 Å². The molecule has 1 rings (SSSR count). The highest BCUT2D eigenvalue weighted by molar-refractivity contribution is 7.98. The molecule has 0 aliphatic carbocycles. The lowest BCUT2D eigenvalue weighted by Crippen LogP contribution is -2.27. The van der Waals surface area contributed by atoms with Crippen LogP contribution in [0.25, 0.3) is 0 Å². The average Bonchev–Trinajstić information content (AvgIpc) is 2.03. The van der Waals surface area contributed by atoms with E-state index in [0.29, 0.717) is 5.56 Å². The third-order valence-electron chi connectivity index (χ3n) is 1.51. The van der Waals surface area contributed by atoms with E-state index >= 15 is 0 Å². The SMILES string of the molecule is CSc1c[n+](C)ccc1C(=O)O. The molecule has 1 N–H and O–H groups in total. The normalized spacial score (nSPS) is 9.83. The summed E-state index contributed by atoms with van der Waals surface area (Å²) in [5, 5.41) is 8.77. The minimum Gasteiger partial charge on any atom is -0.478 e. The van der Waals surface area contributed by atoms with Crippen molar-refractivity contribution in [1.82, 2.24) is 0 Å². The Morgan fingerprint density at radius 3 is 2.83 bits per heavy atom. The molecule has 0 saturated heterocycles. The van der Waals surface area contributed by atoms with Gasteiger partial charge in [0.15, 0.2) is 12.4 Å². The van der Waals surface area contributed by atoms with Gasteiger partial charge in [0, 0.05) is 6.07 Å². The first-order valence-corrected chi connectivity index (χ1v) is 4.64. The van der Waals surface area contributed by atoms with Crippen molar-refractivity contribution >= 4 is 17.7 Å². The minimum atomic E-state index is -0.875. The molecule has 4 heteroatoms. The van der Waals surface area contributed by atoms with E-state index in [0.717, 1.165) is 4.90 Å². The number of aromatic nitrogens is 1. The third-order valence-corrected chi connectivity index (χ3v) is 2.28. The Labute approximate surface area is 75.0 Å². The Balaban J connectivity index is 3.20. The fourth-order valence-electron chi connectivity index (χ4n) is 0.911. The van der Waals surface area contributed by atoms with Gasteiger partial charge in [-0.25, -0.2) is 9.36 Å². The molecular formula is C8H10NO2S+. The molecular weight excluding hydrogens is 174 g/mol. The van der Waals surface area contributed by atoms with Crippen LogP contribution in [0.4, 0.5) is 0 Å². The number of aryl methyl sites for hydroxylation is 1. The molecule has 1 heterocycles. The van der Waals surface area contributed by atoms with Gasteiger partial charge in [-0.3, -0.25) is 0 Å². The molecule has 0 atom stereocenters. The highest BCUT2D eigenvalue weighted by atomic mass is 32.2. The van der Waals surface area contributed by atoms with Crippen LogP contribution in [-0.2, 0) is 7.05 Å². The molecule has 0 fully saturated rings. The summed E-state index contributed by atoms with van der Waals surface area (Å²) in [6.45, 7) is 0. The first-order chi connectivity index (χ1) is 5.65. The van der Waals surface area contributed by atoms with E-state index in [-0.39, 0.29) is 0 Å². The standard InChI is InChI=1S/C8H9NO2S/c1-9-4-3-6(8(10)11)7(5-9)12-2/h3-5H,1-2H3/p+1. The zero-order chi connectivity index (χ0) is 9.14. The van der Waals surface area contributed by atoms with Crippen LogP contribution in [0.1, 0.15) is 10.4 Å². The molecule has 64 valence electrons. The number of carboxylic acid groups (broad SMARTS) is 1. The van der Waals surface area contributed by atoms with Crippen LogP contribution in [0.2, 0.25) is 0 Å². The maximum Gasteiger partial charge on any atom is 0.337 e. The van der Waals surface area contributed by atoms with E-state index in [1.807, 2.05) is 17.9 Å². The molecule has 1 aromatic rings. The van der Waals surface area contributed by atoms with Crippen LogP contribution in [0, 0.1) is 0 Å². The number of carboxylic acids is 1. The van der Waals surface area contributed by atoms with Crippen molar-refractivity contribution in [3.63, 3.8) is 0 Å². The number of nitrogens with zero attached hydrogens (tertiary/aromatic N) is 1. The van der Waals surface area contributed by atoms with E-state index in [2.05, 4.69) is 0 Å². The largest absolute Gasteiger partial charge is 0.478 e. The number of hydrogen-bond acceptors (Lipinski definition) is 2. The molecule has 0 bridgehead atoms. The summed E-state index contributed by atoms with van der Waals surface area (Å²) in [5.74, 6) is -0.875. The van der Waals surface area contributed by atoms with Crippen LogP contribution in [0.3, 0.4) is 0 Å². The summed E-state index contributed by atoms with van der Waals surface area (Å²) in [4.78, 5) is 11.5. The van der Waals surface area contributed by atoms with E-state index < -0.39 is 5.97 Å². The van der Waals surface area contributed by atoms with Crippen LogP contribution in [-0.4, -0.2) is 17.3 Å². The lowest BCUT2D eigenvalue weighted by molar-refractivity contribution is -0.673. The van der Waals surface area contributed by atoms with Gasteiger partial charge in [-0.15, -0.1) is 11.8 Å². The quantitative estimate of drug-likeness (QED) is 0.549. The molecule has 0 spiro atoms. The predicted octanol–water partition coefficient (Wildman–Crippen LogP) is 0.931. The lowest BCUT2D eigenvalue weighted by Gasteiger charge is -1.98. The van der Waals surface area contributed by atoms with Crippen molar-refractivity contribution in [2.45, 2.75) is 4.90 Å². The van der Waals surface area contributed by atoms with E-state index in [1.54, 1.807) is 18.5 Å². The van der Waals surface area contributed by atoms with Gasteiger partial charge in [-0.05, 0) is 6.26 Å². The summed E-state index contributed by atoms with van der Waals surface area (Å²) in [5.41, 5.74) is 0.362. The average molecular weight is 184 g/mol. The molecule has 3 nitrogen and oxygen atoms in total. The molecule has 0 amide bonds. The Morgan fingerprint density at radius 1 is 1.67 bits per heavy atom. The van der Waals surface area contributed by atoms with Gasteiger partial charge in [-0.2, -0.15) is 0 Å². The predicted molar refractivity (Wildman–Crippen MR) is 46.4 cm³/mol. The van der Waals surface area contributed by atoms with E-state index in [1.165, 1.54) is 11.8 Å². The van der Waals surface area contributed by atoms with Gasteiger partial charge < -0.3 is 5.11 Å². The number of pyridine rings is 1. The Hall–Kier alpha value is -1.03. The van der Waals surface area contributed by atoms with Crippen molar-refractivity contribution in [2.75, 3.05) is 6.26 Å². The maximum absolute atomic E-state index is 10.7. The number of rotatable bonds is 2. The number of hydrogen-bond donors (Lipinski definition) is 1.